The average molecular weight is 238 g/mol. The van der Waals surface area contributed by atoms with E-state index in [1.807, 2.05) is 13.1 Å². The summed E-state index contributed by atoms with van der Waals surface area (Å²) in [5.74, 6) is -0.282. The number of carbonyl (C=O) groups excluding carboxylic acids is 1. The van der Waals surface area contributed by atoms with Gasteiger partial charge in [-0.1, -0.05) is 11.3 Å². The first kappa shape index (κ1) is 10.6. The minimum Gasteiger partial charge on any atom is -0.374 e. The number of hydrogen-bond donors (Lipinski definition) is 2. The molecule has 0 aliphatic carbocycles. The Kier molecular flexibility index (Phi) is 2.82. The molecule has 0 spiro atoms. The number of anilines is 1. The van der Waals surface area contributed by atoms with Crippen molar-refractivity contribution in [3.8, 4) is 0 Å². The van der Waals surface area contributed by atoms with Crippen molar-refractivity contribution in [3.63, 3.8) is 0 Å². The molecule has 2 aromatic heterocycles. The van der Waals surface area contributed by atoms with E-state index >= 15 is 0 Å². The molecule has 8 heteroatoms. The Balaban J connectivity index is 1.96. The fraction of sp³-hybridized carbons (Fsp3) is 0.250. The highest BCUT2D eigenvalue weighted by Crippen LogP contribution is 2.10. The Morgan fingerprint density at radius 1 is 1.62 bits per heavy atom. The van der Waals surface area contributed by atoms with Crippen LogP contribution in [0.4, 0.5) is 5.13 Å². The highest BCUT2D eigenvalue weighted by molar-refractivity contribution is 7.16. The third-order valence-corrected chi connectivity index (χ3v) is 2.74. The van der Waals surface area contributed by atoms with Crippen molar-refractivity contribution in [2.45, 2.75) is 6.54 Å². The minimum atomic E-state index is -0.282. The van der Waals surface area contributed by atoms with Gasteiger partial charge in [-0.3, -0.25) is 9.48 Å². The quantitative estimate of drug-likeness (QED) is 0.770. The van der Waals surface area contributed by atoms with Crippen molar-refractivity contribution in [2.75, 3.05) is 5.73 Å². The molecule has 0 saturated heterocycles. The summed E-state index contributed by atoms with van der Waals surface area (Å²) in [6, 6.07) is 1.83. The van der Waals surface area contributed by atoms with Gasteiger partial charge in [0.05, 0.1) is 12.2 Å². The number of nitrogens with two attached hydrogens (primary N) is 1. The standard InChI is InChI=1S/C8H10N6OS/c1-14-5(2-3-11-14)4-10-6(15)7-12-13-8(9)16-7/h2-3H,4H2,1H3,(H2,9,13)(H,10,15). The highest BCUT2D eigenvalue weighted by Gasteiger charge is 2.11. The zero-order valence-electron chi connectivity index (χ0n) is 8.54. The molecule has 84 valence electrons. The Labute approximate surface area is 95.3 Å². The number of aryl methyl sites for hydroxylation is 1. The molecule has 0 fully saturated rings. The zero-order valence-corrected chi connectivity index (χ0v) is 9.36. The molecule has 2 heterocycles. The minimum absolute atomic E-state index is 0.264. The number of nitrogen functional groups attached to an aromatic ring is 1. The molecule has 3 N–H and O–H groups in total. The summed E-state index contributed by atoms with van der Waals surface area (Å²) in [6.07, 6.45) is 1.67. The van der Waals surface area contributed by atoms with Crippen LogP contribution in [0.3, 0.4) is 0 Å². The van der Waals surface area contributed by atoms with Gasteiger partial charge in [0.2, 0.25) is 10.1 Å². The van der Waals surface area contributed by atoms with Crippen molar-refractivity contribution in [1.29, 1.82) is 0 Å². The van der Waals surface area contributed by atoms with E-state index in [9.17, 15) is 4.79 Å². The van der Waals surface area contributed by atoms with Gasteiger partial charge in [0.25, 0.3) is 5.91 Å². The van der Waals surface area contributed by atoms with E-state index in [2.05, 4.69) is 20.6 Å². The predicted octanol–water partition coefficient (Wildman–Crippen LogP) is -0.216. The van der Waals surface area contributed by atoms with E-state index in [1.54, 1.807) is 10.9 Å². The van der Waals surface area contributed by atoms with Gasteiger partial charge >= 0.3 is 0 Å². The molecule has 0 radical (unpaired) electrons. The lowest BCUT2D eigenvalue weighted by atomic mass is 10.4. The summed E-state index contributed by atoms with van der Waals surface area (Å²) in [5, 5.41) is 14.5. The fourth-order valence-electron chi connectivity index (χ4n) is 1.15. The van der Waals surface area contributed by atoms with Crippen LogP contribution in [0.25, 0.3) is 0 Å². The van der Waals surface area contributed by atoms with Crippen molar-refractivity contribution in [3.05, 3.63) is 23.0 Å². The fourth-order valence-corrected chi connectivity index (χ4v) is 1.67. The molecule has 0 aromatic carbocycles. The second-order valence-electron chi connectivity index (χ2n) is 3.07. The first-order chi connectivity index (χ1) is 7.66. The van der Waals surface area contributed by atoms with E-state index in [4.69, 9.17) is 5.73 Å². The number of carbonyl (C=O) groups is 1. The molecular formula is C8H10N6OS. The van der Waals surface area contributed by atoms with Crippen molar-refractivity contribution >= 4 is 22.4 Å². The summed E-state index contributed by atoms with van der Waals surface area (Å²) < 4.78 is 1.69. The Hall–Kier alpha value is -1.96. The van der Waals surface area contributed by atoms with Gasteiger partial charge in [-0.2, -0.15) is 5.10 Å². The molecule has 1 amide bonds. The highest BCUT2D eigenvalue weighted by atomic mass is 32.1. The maximum atomic E-state index is 11.6. The van der Waals surface area contributed by atoms with Gasteiger partial charge in [-0.15, -0.1) is 10.2 Å². The Morgan fingerprint density at radius 2 is 2.44 bits per heavy atom. The molecule has 2 rings (SSSR count). The number of nitrogens with zero attached hydrogens (tertiary/aromatic N) is 4. The van der Waals surface area contributed by atoms with E-state index < -0.39 is 0 Å². The molecule has 7 nitrogen and oxygen atoms in total. The number of nitrogens with one attached hydrogen (secondary N) is 1. The SMILES string of the molecule is Cn1nccc1CNC(=O)c1nnc(N)s1. The van der Waals surface area contributed by atoms with Gasteiger partial charge in [0.1, 0.15) is 0 Å². The van der Waals surface area contributed by atoms with E-state index in [1.165, 1.54) is 0 Å². The van der Waals surface area contributed by atoms with Crippen molar-refractivity contribution in [1.82, 2.24) is 25.3 Å². The van der Waals surface area contributed by atoms with E-state index in [-0.39, 0.29) is 16.0 Å². The molecular weight excluding hydrogens is 228 g/mol. The van der Waals surface area contributed by atoms with Crippen molar-refractivity contribution < 1.29 is 4.79 Å². The van der Waals surface area contributed by atoms with Crippen LogP contribution in [0.5, 0.6) is 0 Å². The van der Waals surface area contributed by atoms with Crippen LogP contribution in [-0.2, 0) is 13.6 Å². The number of hydrogen-bond acceptors (Lipinski definition) is 6. The molecule has 0 aliphatic rings. The maximum Gasteiger partial charge on any atom is 0.282 e. The predicted molar refractivity (Wildman–Crippen MR) is 58.7 cm³/mol. The van der Waals surface area contributed by atoms with Crippen LogP contribution in [0.15, 0.2) is 12.3 Å². The largest absolute Gasteiger partial charge is 0.374 e. The Morgan fingerprint density at radius 3 is 3.00 bits per heavy atom. The maximum absolute atomic E-state index is 11.6. The van der Waals surface area contributed by atoms with Gasteiger partial charge < -0.3 is 11.1 Å². The lowest BCUT2D eigenvalue weighted by Gasteiger charge is -2.02. The third-order valence-electron chi connectivity index (χ3n) is 1.99. The van der Waals surface area contributed by atoms with E-state index in [0.29, 0.717) is 6.54 Å². The van der Waals surface area contributed by atoms with Crippen LogP contribution in [0.1, 0.15) is 15.5 Å². The van der Waals surface area contributed by atoms with Gasteiger partial charge in [0.15, 0.2) is 0 Å². The number of aromatic nitrogens is 4. The molecule has 0 saturated carbocycles. The van der Waals surface area contributed by atoms with Crippen LogP contribution >= 0.6 is 11.3 Å². The van der Waals surface area contributed by atoms with Gasteiger partial charge in [-0.05, 0) is 6.07 Å². The second-order valence-corrected chi connectivity index (χ2v) is 4.08. The third kappa shape index (κ3) is 2.16. The van der Waals surface area contributed by atoms with Crippen LogP contribution in [0.2, 0.25) is 0 Å². The monoisotopic (exact) mass is 238 g/mol. The van der Waals surface area contributed by atoms with Crippen molar-refractivity contribution in [2.24, 2.45) is 7.05 Å². The zero-order chi connectivity index (χ0) is 11.5. The smallest absolute Gasteiger partial charge is 0.282 e. The van der Waals surface area contributed by atoms with E-state index in [0.717, 1.165) is 17.0 Å². The number of amides is 1. The Bertz CT molecular complexity index is 504. The van der Waals surface area contributed by atoms with Crippen LogP contribution < -0.4 is 11.1 Å². The summed E-state index contributed by atoms with van der Waals surface area (Å²) in [4.78, 5) is 11.6. The molecule has 0 unspecified atom stereocenters. The summed E-state index contributed by atoms with van der Waals surface area (Å²) in [6.45, 7) is 0.398. The molecule has 0 bridgehead atoms. The number of rotatable bonds is 3. The van der Waals surface area contributed by atoms with Gasteiger partial charge in [0, 0.05) is 13.2 Å². The second kappa shape index (κ2) is 4.27. The lowest BCUT2D eigenvalue weighted by Crippen LogP contribution is -2.23. The van der Waals surface area contributed by atoms with Gasteiger partial charge in [-0.25, -0.2) is 0 Å². The molecule has 0 aliphatic heterocycles. The summed E-state index contributed by atoms with van der Waals surface area (Å²) in [7, 11) is 1.81. The normalized spacial score (nSPS) is 10.3. The molecule has 2 aromatic rings. The molecule has 0 atom stereocenters. The first-order valence-corrected chi connectivity index (χ1v) is 5.32. The summed E-state index contributed by atoms with van der Waals surface area (Å²) >= 11 is 1.06. The first-order valence-electron chi connectivity index (χ1n) is 4.51. The van der Waals surface area contributed by atoms with Crippen LogP contribution in [0, 0.1) is 0 Å². The lowest BCUT2D eigenvalue weighted by molar-refractivity contribution is 0.0949. The topological polar surface area (TPSA) is 98.7 Å². The molecule has 16 heavy (non-hydrogen) atoms. The average Bonchev–Trinajstić information content (AvgIpc) is 2.84. The summed E-state index contributed by atoms with van der Waals surface area (Å²) in [5.41, 5.74) is 6.29. The van der Waals surface area contributed by atoms with Crippen LogP contribution in [-0.4, -0.2) is 25.9 Å².